The molecule has 6 heteroatoms. The summed E-state index contributed by atoms with van der Waals surface area (Å²) in [6.45, 7) is 0.381. The van der Waals surface area contributed by atoms with Gasteiger partial charge >= 0.3 is 0 Å². The average Bonchev–Trinajstić information content (AvgIpc) is 2.37. The lowest BCUT2D eigenvalue weighted by molar-refractivity contribution is 0.1000. The Labute approximate surface area is 125 Å². The summed E-state index contributed by atoms with van der Waals surface area (Å²) in [6.07, 6.45) is 0. The minimum Gasteiger partial charge on any atom is -0.379 e. The highest BCUT2D eigenvalue weighted by molar-refractivity contribution is 6.39. The molecule has 2 aromatic rings. The van der Waals surface area contributed by atoms with Gasteiger partial charge in [-0.2, -0.15) is 0 Å². The SMILES string of the molecule is NC(=O)c1cccc(CNc2c(Cl)cc(F)cc2Cl)c1. The summed E-state index contributed by atoms with van der Waals surface area (Å²) >= 11 is 11.8. The van der Waals surface area contributed by atoms with Gasteiger partial charge in [-0.15, -0.1) is 0 Å². The first-order valence-corrected chi connectivity index (χ1v) is 6.50. The smallest absolute Gasteiger partial charge is 0.248 e. The van der Waals surface area contributed by atoms with E-state index in [0.717, 1.165) is 5.56 Å². The van der Waals surface area contributed by atoms with E-state index in [1.54, 1.807) is 18.2 Å². The molecule has 2 rings (SSSR count). The predicted molar refractivity (Wildman–Crippen MR) is 78.7 cm³/mol. The van der Waals surface area contributed by atoms with E-state index < -0.39 is 11.7 Å². The fourth-order valence-corrected chi connectivity index (χ4v) is 2.33. The molecular formula is C14H11Cl2FN2O. The van der Waals surface area contributed by atoms with E-state index in [0.29, 0.717) is 17.8 Å². The molecule has 0 heterocycles. The van der Waals surface area contributed by atoms with Gasteiger partial charge in [0.15, 0.2) is 0 Å². The van der Waals surface area contributed by atoms with Gasteiger partial charge in [-0.3, -0.25) is 4.79 Å². The molecule has 0 aromatic heterocycles. The standard InChI is InChI=1S/C14H11Cl2FN2O/c15-11-5-10(17)6-12(16)13(11)19-7-8-2-1-3-9(4-8)14(18)20/h1-6,19H,7H2,(H2,18,20). The predicted octanol–water partition coefficient (Wildman–Crippen LogP) is 3.84. The van der Waals surface area contributed by atoms with Crippen molar-refractivity contribution < 1.29 is 9.18 Å². The lowest BCUT2D eigenvalue weighted by Crippen LogP contribution is -2.11. The number of anilines is 1. The number of hydrogen-bond donors (Lipinski definition) is 2. The van der Waals surface area contributed by atoms with Crippen LogP contribution in [0.15, 0.2) is 36.4 Å². The zero-order chi connectivity index (χ0) is 14.7. The number of nitrogens with one attached hydrogen (secondary N) is 1. The van der Waals surface area contributed by atoms with Crippen molar-refractivity contribution in [1.82, 2.24) is 0 Å². The van der Waals surface area contributed by atoms with Gasteiger partial charge in [0.2, 0.25) is 5.91 Å². The molecule has 0 radical (unpaired) electrons. The number of nitrogens with two attached hydrogens (primary N) is 1. The number of carbonyl (C=O) groups is 1. The lowest BCUT2D eigenvalue weighted by Gasteiger charge is -2.11. The maximum atomic E-state index is 13.1. The molecule has 0 aliphatic carbocycles. The van der Waals surface area contributed by atoms with Gasteiger partial charge in [-0.25, -0.2) is 4.39 Å². The second-order valence-corrected chi connectivity index (χ2v) is 4.98. The Bertz CT molecular complexity index is 638. The van der Waals surface area contributed by atoms with E-state index in [-0.39, 0.29) is 10.0 Å². The molecule has 0 aliphatic rings. The van der Waals surface area contributed by atoms with Gasteiger partial charge in [-0.05, 0) is 29.8 Å². The molecule has 3 N–H and O–H groups in total. The summed E-state index contributed by atoms with van der Waals surface area (Å²) in [5.41, 5.74) is 6.90. The number of hydrogen-bond acceptors (Lipinski definition) is 2. The molecule has 1 amide bonds. The molecule has 20 heavy (non-hydrogen) atoms. The zero-order valence-electron chi connectivity index (χ0n) is 10.3. The van der Waals surface area contributed by atoms with Crippen LogP contribution in [0.5, 0.6) is 0 Å². The van der Waals surface area contributed by atoms with Crippen molar-refractivity contribution in [3.05, 3.63) is 63.4 Å². The van der Waals surface area contributed by atoms with Gasteiger partial charge in [0, 0.05) is 12.1 Å². The van der Waals surface area contributed by atoms with E-state index in [9.17, 15) is 9.18 Å². The Morgan fingerprint density at radius 2 is 1.85 bits per heavy atom. The largest absolute Gasteiger partial charge is 0.379 e. The number of amides is 1. The normalized spacial score (nSPS) is 10.3. The average molecular weight is 313 g/mol. The highest BCUT2D eigenvalue weighted by atomic mass is 35.5. The van der Waals surface area contributed by atoms with Gasteiger partial charge in [0.25, 0.3) is 0 Å². The Hall–Kier alpha value is -1.78. The summed E-state index contributed by atoms with van der Waals surface area (Å²) in [5, 5.41) is 3.40. The van der Waals surface area contributed by atoms with Gasteiger partial charge in [0.05, 0.1) is 15.7 Å². The maximum absolute atomic E-state index is 13.1. The summed E-state index contributed by atoms with van der Waals surface area (Å²) < 4.78 is 13.1. The van der Waals surface area contributed by atoms with Crippen molar-refractivity contribution in [2.24, 2.45) is 5.73 Å². The van der Waals surface area contributed by atoms with Crippen molar-refractivity contribution in [3.63, 3.8) is 0 Å². The third kappa shape index (κ3) is 3.40. The molecule has 0 saturated carbocycles. The van der Waals surface area contributed by atoms with E-state index in [1.807, 2.05) is 6.07 Å². The highest BCUT2D eigenvalue weighted by Gasteiger charge is 2.08. The second kappa shape index (κ2) is 6.11. The van der Waals surface area contributed by atoms with Crippen molar-refractivity contribution in [3.8, 4) is 0 Å². The first-order chi connectivity index (χ1) is 9.47. The molecule has 3 nitrogen and oxygen atoms in total. The Kier molecular flexibility index (Phi) is 4.47. The molecule has 0 aliphatic heterocycles. The summed E-state index contributed by atoms with van der Waals surface area (Å²) in [6, 6.07) is 9.20. The van der Waals surface area contributed by atoms with Gasteiger partial charge < -0.3 is 11.1 Å². The number of halogens is 3. The van der Waals surface area contributed by atoms with E-state index >= 15 is 0 Å². The van der Waals surface area contributed by atoms with E-state index in [4.69, 9.17) is 28.9 Å². The van der Waals surface area contributed by atoms with Crippen molar-refractivity contribution in [1.29, 1.82) is 0 Å². The van der Waals surface area contributed by atoms with Crippen molar-refractivity contribution >= 4 is 34.8 Å². The number of rotatable bonds is 4. The third-order valence-electron chi connectivity index (χ3n) is 2.69. The van der Waals surface area contributed by atoms with Crippen molar-refractivity contribution in [2.75, 3.05) is 5.32 Å². The monoisotopic (exact) mass is 312 g/mol. The minimum absolute atomic E-state index is 0.195. The van der Waals surface area contributed by atoms with Crippen LogP contribution in [-0.4, -0.2) is 5.91 Å². The van der Waals surface area contributed by atoms with Crippen LogP contribution in [0.2, 0.25) is 10.0 Å². The van der Waals surface area contributed by atoms with Crippen LogP contribution in [0, 0.1) is 5.82 Å². The minimum atomic E-state index is -0.499. The van der Waals surface area contributed by atoms with E-state index in [1.165, 1.54) is 12.1 Å². The molecule has 2 aromatic carbocycles. The van der Waals surface area contributed by atoms with Crippen LogP contribution in [0.25, 0.3) is 0 Å². The molecule has 104 valence electrons. The summed E-state index contributed by atoms with van der Waals surface area (Å²) in [4.78, 5) is 11.1. The van der Waals surface area contributed by atoms with Crippen LogP contribution < -0.4 is 11.1 Å². The van der Waals surface area contributed by atoms with Gasteiger partial charge in [-0.1, -0.05) is 35.3 Å². The number of primary amides is 1. The number of benzene rings is 2. The summed E-state index contributed by atoms with van der Waals surface area (Å²) in [7, 11) is 0. The Morgan fingerprint density at radius 3 is 2.45 bits per heavy atom. The van der Waals surface area contributed by atoms with E-state index in [2.05, 4.69) is 5.32 Å². The zero-order valence-corrected chi connectivity index (χ0v) is 11.8. The quantitative estimate of drug-likeness (QED) is 0.901. The van der Waals surface area contributed by atoms with Crippen LogP contribution in [0.3, 0.4) is 0 Å². The van der Waals surface area contributed by atoms with Crippen LogP contribution in [-0.2, 0) is 6.54 Å². The van der Waals surface area contributed by atoms with Gasteiger partial charge in [0.1, 0.15) is 5.82 Å². The molecule has 0 saturated heterocycles. The topological polar surface area (TPSA) is 55.1 Å². The lowest BCUT2D eigenvalue weighted by atomic mass is 10.1. The highest BCUT2D eigenvalue weighted by Crippen LogP contribution is 2.31. The fourth-order valence-electron chi connectivity index (χ4n) is 1.74. The van der Waals surface area contributed by atoms with Crippen molar-refractivity contribution in [2.45, 2.75) is 6.54 Å². The molecule has 0 unspecified atom stereocenters. The maximum Gasteiger partial charge on any atom is 0.248 e. The molecule has 0 atom stereocenters. The fraction of sp³-hybridized carbons (Fsp3) is 0.0714. The number of carbonyl (C=O) groups excluding carboxylic acids is 1. The van der Waals surface area contributed by atoms with Crippen LogP contribution >= 0.6 is 23.2 Å². The van der Waals surface area contributed by atoms with Crippen LogP contribution in [0.1, 0.15) is 15.9 Å². The molecule has 0 fully saturated rings. The second-order valence-electron chi connectivity index (χ2n) is 4.16. The molecular weight excluding hydrogens is 302 g/mol. The first kappa shape index (κ1) is 14.6. The molecule has 0 bridgehead atoms. The third-order valence-corrected chi connectivity index (χ3v) is 3.28. The van der Waals surface area contributed by atoms with Crippen LogP contribution in [0.4, 0.5) is 10.1 Å². The first-order valence-electron chi connectivity index (χ1n) is 5.74. The Morgan fingerprint density at radius 1 is 1.20 bits per heavy atom. The molecule has 0 spiro atoms. The Balaban J connectivity index is 2.17. The summed E-state index contributed by atoms with van der Waals surface area (Å²) in [5.74, 6) is -0.994.